The van der Waals surface area contributed by atoms with Crippen molar-refractivity contribution in [1.82, 2.24) is 5.32 Å². The average Bonchev–Trinajstić information content (AvgIpc) is 3.02. The van der Waals surface area contributed by atoms with E-state index in [1.54, 1.807) is 48.2 Å². The second-order valence-electron chi connectivity index (χ2n) is 6.56. The molecule has 0 unspecified atom stereocenters. The Bertz CT molecular complexity index is 911. The Morgan fingerprint density at radius 3 is 2.64 bits per heavy atom. The van der Waals surface area contributed by atoms with Crippen LogP contribution in [-0.4, -0.2) is 35.9 Å². The average molecular weight is 383 g/mol. The molecule has 8 heteroatoms. The highest BCUT2D eigenvalue weighted by Gasteiger charge is 2.32. The Kier molecular flexibility index (Phi) is 5.58. The number of aryl methyl sites for hydroxylation is 1. The molecule has 0 aromatic heterocycles. The Labute approximate surface area is 162 Å². The molecule has 3 rings (SSSR count). The third-order valence-electron chi connectivity index (χ3n) is 4.59. The van der Waals surface area contributed by atoms with Crippen LogP contribution in [0.1, 0.15) is 29.3 Å². The molecule has 1 atom stereocenters. The number of nitrogens with one attached hydrogen (secondary N) is 1. The van der Waals surface area contributed by atoms with Crippen molar-refractivity contribution in [3.63, 3.8) is 0 Å². The van der Waals surface area contributed by atoms with E-state index < -0.39 is 10.8 Å². The minimum absolute atomic E-state index is 0.0932. The molecule has 2 amide bonds. The zero-order valence-corrected chi connectivity index (χ0v) is 15.7. The van der Waals surface area contributed by atoms with Gasteiger partial charge in [-0.1, -0.05) is 6.07 Å². The molecule has 2 aromatic rings. The fourth-order valence-corrected chi connectivity index (χ4v) is 3.16. The Balaban J connectivity index is 1.68. The van der Waals surface area contributed by atoms with E-state index in [1.807, 2.05) is 6.92 Å². The Morgan fingerprint density at radius 1 is 1.29 bits per heavy atom. The number of nitro benzene ring substituents is 1. The molecule has 1 aliphatic heterocycles. The number of ether oxygens (including phenoxy) is 1. The first-order chi connectivity index (χ1) is 13.4. The van der Waals surface area contributed by atoms with E-state index in [2.05, 4.69) is 5.32 Å². The van der Waals surface area contributed by atoms with Crippen molar-refractivity contribution in [1.29, 1.82) is 0 Å². The smallest absolute Gasteiger partial charge is 0.273 e. The first-order valence-electron chi connectivity index (χ1n) is 8.98. The van der Waals surface area contributed by atoms with Gasteiger partial charge in [0.2, 0.25) is 5.91 Å². The predicted molar refractivity (Wildman–Crippen MR) is 104 cm³/mol. The lowest BCUT2D eigenvalue weighted by molar-refractivity contribution is -0.385. The highest BCUT2D eigenvalue weighted by molar-refractivity contribution is 5.99. The summed E-state index contributed by atoms with van der Waals surface area (Å²) in [6.07, 6.45) is 0.174. The van der Waals surface area contributed by atoms with Crippen molar-refractivity contribution in [2.24, 2.45) is 0 Å². The van der Waals surface area contributed by atoms with Crippen LogP contribution in [0.15, 0.2) is 42.5 Å². The van der Waals surface area contributed by atoms with Gasteiger partial charge in [-0.2, -0.15) is 0 Å². The number of nitro groups is 1. The van der Waals surface area contributed by atoms with Crippen LogP contribution in [0.5, 0.6) is 5.75 Å². The van der Waals surface area contributed by atoms with Gasteiger partial charge in [0.25, 0.3) is 11.6 Å². The molecule has 1 fully saturated rings. The molecule has 1 saturated heterocycles. The zero-order valence-electron chi connectivity index (χ0n) is 15.7. The third kappa shape index (κ3) is 4.11. The van der Waals surface area contributed by atoms with Crippen LogP contribution in [-0.2, 0) is 4.79 Å². The van der Waals surface area contributed by atoms with Gasteiger partial charge in [0, 0.05) is 35.8 Å². The maximum atomic E-state index is 12.5. The van der Waals surface area contributed by atoms with Crippen LogP contribution in [0.3, 0.4) is 0 Å². The van der Waals surface area contributed by atoms with E-state index in [0.29, 0.717) is 18.7 Å². The highest BCUT2D eigenvalue weighted by Crippen LogP contribution is 2.25. The minimum atomic E-state index is -0.515. The molecule has 1 aliphatic rings. The molecule has 1 heterocycles. The van der Waals surface area contributed by atoms with Crippen LogP contribution < -0.4 is 15.0 Å². The van der Waals surface area contributed by atoms with Gasteiger partial charge in [0.1, 0.15) is 5.75 Å². The van der Waals surface area contributed by atoms with Gasteiger partial charge < -0.3 is 15.0 Å². The number of hydrogen-bond donors (Lipinski definition) is 1. The number of benzene rings is 2. The minimum Gasteiger partial charge on any atom is -0.494 e. The van der Waals surface area contributed by atoms with E-state index in [0.717, 1.165) is 11.4 Å². The van der Waals surface area contributed by atoms with Crippen molar-refractivity contribution in [3.05, 3.63) is 63.7 Å². The van der Waals surface area contributed by atoms with Crippen LogP contribution in [0, 0.1) is 17.0 Å². The molecule has 0 radical (unpaired) electrons. The second-order valence-corrected chi connectivity index (χ2v) is 6.56. The third-order valence-corrected chi connectivity index (χ3v) is 4.59. The molecule has 0 aliphatic carbocycles. The molecular weight excluding hydrogens is 362 g/mol. The largest absolute Gasteiger partial charge is 0.494 e. The first kappa shape index (κ1) is 19.3. The lowest BCUT2D eigenvalue weighted by Gasteiger charge is -2.18. The number of nitrogens with zero attached hydrogens (tertiary/aromatic N) is 2. The summed E-state index contributed by atoms with van der Waals surface area (Å²) < 4.78 is 5.40. The summed E-state index contributed by atoms with van der Waals surface area (Å²) in [6.45, 7) is 4.41. The standard InChI is InChI=1S/C20H21N3O5/c1-3-28-17-8-6-16(7-9-17)22-12-15(11-19(22)24)21-20(25)14-5-4-13(2)18(10-14)23(26)27/h4-10,15H,3,11-12H2,1-2H3,(H,21,25)/t15-/m1/s1. The summed E-state index contributed by atoms with van der Waals surface area (Å²) in [5, 5.41) is 13.9. The number of carbonyl (C=O) groups excluding carboxylic acids is 2. The van der Waals surface area contributed by atoms with Crippen molar-refractivity contribution >= 4 is 23.2 Å². The zero-order chi connectivity index (χ0) is 20.3. The lowest BCUT2D eigenvalue weighted by atomic mass is 10.1. The Morgan fingerprint density at radius 2 is 2.00 bits per heavy atom. The number of carbonyl (C=O) groups is 2. The lowest BCUT2D eigenvalue weighted by Crippen LogP contribution is -2.37. The Hall–Kier alpha value is -3.42. The van der Waals surface area contributed by atoms with Gasteiger partial charge in [-0.25, -0.2) is 0 Å². The van der Waals surface area contributed by atoms with Gasteiger partial charge in [-0.05, 0) is 44.2 Å². The normalized spacial score (nSPS) is 16.1. The summed E-state index contributed by atoms with van der Waals surface area (Å²) >= 11 is 0. The maximum absolute atomic E-state index is 12.5. The summed E-state index contributed by atoms with van der Waals surface area (Å²) in [7, 11) is 0. The monoisotopic (exact) mass is 383 g/mol. The maximum Gasteiger partial charge on any atom is 0.273 e. The molecule has 0 bridgehead atoms. The number of amides is 2. The molecule has 0 spiro atoms. The van der Waals surface area contributed by atoms with Crippen LogP contribution in [0.4, 0.5) is 11.4 Å². The highest BCUT2D eigenvalue weighted by atomic mass is 16.6. The van der Waals surface area contributed by atoms with Gasteiger partial charge in [0.15, 0.2) is 0 Å². The summed E-state index contributed by atoms with van der Waals surface area (Å²) in [5.41, 5.74) is 1.31. The van der Waals surface area contributed by atoms with Crippen LogP contribution >= 0.6 is 0 Å². The fourth-order valence-electron chi connectivity index (χ4n) is 3.16. The van der Waals surface area contributed by atoms with Crippen LogP contribution in [0.25, 0.3) is 0 Å². The van der Waals surface area contributed by atoms with Crippen LogP contribution in [0.2, 0.25) is 0 Å². The summed E-state index contributed by atoms with van der Waals surface area (Å²) in [4.78, 5) is 37.0. The van der Waals surface area contributed by atoms with Crippen molar-refractivity contribution in [2.45, 2.75) is 26.3 Å². The predicted octanol–water partition coefficient (Wildman–Crippen LogP) is 2.84. The van der Waals surface area contributed by atoms with Crippen molar-refractivity contribution in [2.75, 3.05) is 18.1 Å². The number of anilines is 1. The van der Waals surface area contributed by atoms with Gasteiger partial charge >= 0.3 is 0 Å². The van der Waals surface area contributed by atoms with Crippen molar-refractivity contribution < 1.29 is 19.2 Å². The number of rotatable bonds is 6. The van der Waals surface area contributed by atoms with E-state index in [-0.39, 0.29) is 29.6 Å². The van der Waals surface area contributed by atoms with E-state index >= 15 is 0 Å². The fraction of sp³-hybridized carbons (Fsp3) is 0.300. The molecular formula is C20H21N3O5. The summed E-state index contributed by atoms with van der Waals surface area (Å²) in [5.74, 6) is 0.197. The number of hydrogen-bond acceptors (Lipinski definition) is 5. The molecule has 0 saturated carbocycles. The van der Waals surface area contributed by atoms with E-state index in [9.17, 15) is 19.7 Å². The molecule has 146 valence electrons. The van der Waals surface area contributed by atoms with E-state index in [1.165, 1.54) is 6.07 Å². The molecule has 8 nitrogen and oxygen atoms in total. The van der Waals surface area contributed by atoms with Crippen molar-refractivity contribution in [3.8, 4) is 5.75 Å². The van der Waals surface area contributed by atoms with Gasteiger partial charge in [0.05, 0.1) is 17.6 Å². The first-order valence-corrected chi connectivity index (χ1v) is 8.98. The van der Waals surface area contributed by atoms with Gasteiger partial charge in [-0.3, -0.25) is 19.7 Å². The SMILES string of the molecule is CCOc1ccc(N2C[C@H](NC(=O)c3ccc(C)c([N+](=O)[O-])c3)CC2=O)cc1. The molecule has 2 aromatic carbocycles. The van der Waals surface area contributed by atoms with E-state index in [4.69, 9.17) is 4.74 Å². The van der Waals surface area contributed by atoms with Gasteiger partial charge in [-0.15, -0.1) is 0 Å². The second kappa shape index (κ2) is 8.08. The quantitative estimate of drug-likeness (QED) is 0.610. The topological polar surface area (TPSA) is 102 Å². The molecule has 28 heavy (non-hydrogen) atoms. The molecule has 1 N–H and O–H groups in total. The summed E-state index contributed by atoms with van der Waals surface area (Å²) in [6, 6.07) is 11.2.